The second kappa shape index (κ2) is 10.6. The van der Waals surface area contributed by atoms with Crippen molar-refractivity contribution in [3.63, 3.8) is 0 Å². The van der Waals surface area contributed by atoms with Crippen LogP contribution in [0.25, 0.3) is 11.4 Å². The number of rotatable bonds is 8. The largest absolute Gasteiger partial charge is 0.495 e. The number of aryl methyl sites for hydroxylation is 1. The maximum absolute atomic E-state index is 13.6. The smallest absolute Gasteiger partial charge is 0.251 e. The van der Waals surface area contributed by atoms with E-state index in [1.807, 2.05) is 19.1 Å². The maximum Gasteiger partial charge on any atom is 0.251 e. The summed E-state index contributed by atoms with van der Waals surface area (Å²) in [5.74, 6) is -0.255. The molecule has 2 aromatic carbocycles. The van der Waals surface area contributed by atoms with Crippen LogP contribution >= 0.6 is 0 Å². The molecule has 1 atom stereocenters. The first-order valence-corrected chi connectivity index (χ1v) is 11.7. The van der Waals surface area contributed by atoms with E-state index >= 15 is 0 Å². The monoisotopic (exact) mass is 480 g/mol. The number of aromatic nitrogens is 4. The van der Waals surface area contributed by atoms with Crippen LogP contribution in [-0.2, 0) is 16.1 Å². The van der Waals surface area contributed by atoms with Gasteiger partial charge in [-0.05, 0) is 73.9 Å². The predicted octanol–water partition coefficient (Wildman–Crippen LogP) is 3.28. The van der Waals surface area contributed by atoms with E-state index in [2.05, 4.69) is 20.7 Å². The topological polar surface area (TPSA) is 102 Å². The van der Waals surface area contributed by atoms with Gasteiger partial charge in [0.1, 0.15) is 24.2 Å². The highest BCUT2D eigenvalue weighted by Gasteiger charge is 2.32. The van der Waals surface area contributed by atoms with Crippen molar-refractivity contribution in [1.29, 1.82) is 0 Å². The lowest BCUT2D eigenvalue weighted by Gasteiger charge is -2.30. The molecule has 4 rings (SSSR count). The van der Waals surface area contributed by atoms with Crippen LogP contribution in [0.15, 0.2) is 42.5 Å². The first-order chi connectivity index (χ1) is 16.9. The summed E-state index contributed by atoms with van der Waals surface area (Å²) in [5.41, 5.74) is 1.98. The Morgan fingerprint density at radius 2 is 1.91 bits per heavy atom. The van der Waals surface area contributed by atoms with Gasteiger partial charge < -0.3 is 10.1 Å². The number of halogens is 1. The van der Waals surface area contributed by atoms with E-state index in [0.717, 1.165) is 36.0 Å². The molecule has 2 amide bonds. The fourth-order valence-corrected chi connectivity index (χ4v) is 4.28. The Balaban J connectivity index is 1.60. The van der Waals surface area contributed by atoms with Crippen LogP contribution in [0.4, 0.5) is 10.1 Å². The molecule has 1 N–H and O–H groups in total. The molecule has 3 aromatic rings. The Hall–Kier alpha value is -3.82. The van der Waals surface area contributed by atoms with Gasteiger partial charge in [0.05, 0.1) is 12.8 Å². The van der Waals surface area contributed by atoms with E-state index in [4.69, 9.17) is 4.74 Å². The minimum atomic E-state index is -0.793. The standard InChI is InChI=1S/C25H29FN6O3/c1-16-8-13-22(35-3)21(14-16)32(17(2)25(34)27-20-6-4-5-7-20)23(33)15-31-29-24(28-30-31)18-9-11-19(26)12-10-18/h8-14,17,20H,4-7,15H2,1-3H3,(H,27,34)/t17-/m1/s1. The molecule has 10 heteroatoms. The Bertz CT molecular complexity index is 1190. The minimum Gasteiger partial charge on any atom is -0.495 e. The van der Waals surface area contributed by atoms with Crippen LogP contribution in [-0.4, -0.2) is 51.2 Å². The van der Waals surface area contributed by atoms with Gasteiger partial charge >= 0.3 is 0 Å². The highest BCUT2D eigenvalue weighted by Crippen LogP contribution is 2.31. The number of benzene rings is 2. The summed E-state index contributed by atoms with van der Waals surface area (Å²) in [6.45, 7) is 3.36. The number of hydrogen-bond acceptors (Lipinski definition) is 6. The van der Waals surface area contributed by atoms with Crippen molar-refractivity contribution in [1.82, 2.24) is 25.5 Å². The highest BCUT2D eigenvalue weighted by molar-refractivity contribution is 6.01. The zero-order valence-electron chi connectivity index (χ0n) is 20.1. The third-order valence-electron chi connectivity index (χ3n) is 6.16. The lowest BCUT2D eigenvalue weighted by atomic mass is 10.1. The van der Waals surface area contributed by atoms with E-state index < -0.39 is 11.9 Å². The van der Waals surface area contributed by atoms with Crippen molar-refractivity contribution in [2.24, 2.45) is 0 Å². The zero-order chi connectivity index (χ0) is 24.9. The van der Waals surface area contributed by atoms with Crippen LogP contribution in [0.5, 0.6) is 5.75 Å². The SMILES string of the molecule is COc1ccc(C)cc1N(C(=O)Cn1nnc(-c2ccc(F)cc2)n1)[C@H](C)C(=O)NC1CCCC1. The first-order valence-electron chi connectivity index (χ1n) is 11.7. The van der Waals surface area contributed by atoms with Crippen molar-refractivity contribution < 1.29 is 18.7 Å². The summed E-state index contributed by atoms with van der Waals surface area (Å²) < 4.78 is 18.7. The van der Waals surface area contributed by atoms with Gasteiger partial charge in [0, 0.05) is 11.6 Å². The molecule has 0 aliphatic heterocycles. The second-order valence-electron chi connectivity index (χ2n) is 8.76. The van der Waals surface area contributed by atoms with Crippen LogP contribution in [0.1, 0.15) is 38.2 Å². The average molecular weight is 481 g/mol. The molecule has 1 aliphatic rings. The van der Waals surface area contributed by atoms with Gasteiger partial charge in [-0.25, -0.2) is 4.39 Å². The highest BCUT2D eigenvalue weighted by atomic mass is 19.1. The molecule has 1 heterocycles. The fraction of sp³-hybridized carbons (Fsp3) is 0.400. The van der Waals surface area contributed by atoms with E-state index in [9.17, 15) is 14.0 Å². The molecule has 1 fully saturated rings. The molecular weight excluding hydrogens is 451 g/mol. The quantitative estimate of drug-likeness (QED) is 0.531. The summed E-state index contributed by atoms with van der Waals surface area (Å²) in [6.07, 6.45) is 4.05. The molecule has 0 radical (unpaired) electrons. The molecule has 1 saturated carbocycles. The van der Waals surface area contributed by atoms with Gasteiger partial charge in [0.2, 0.25) is 11.7 Å². The van der Waals surface area contributed by atoms with Gasteiger partial charge in [-0.1, -0.05) is 18.9 Å². The summed E-state index contributed by atoms with van der Waals surface area (Å²) in [4.78, 5) is 29.3. The second-order valence-corrected chi connectivity index (χ2v) is 8.76. The van der Waals surface area contributed by atoms with Gasteiger partial charge in [-0.2, -0.15) is 4.80 Å². The van der Waals surface area contributed by atoms with Crippen LogP contribution < -0.4 is 15.0 Å². The molecule has 0 spiro atoms. The third-order valence-corrected chi connectivity index (χ3v) is 6.16. The van der Waals surface area contributed by atoms with Gasteiger partial charge in [-0.15, -0.1) is 10.2 Å². The van der Waals surface area contributed by atoms with Crippen molar-refractivity contribution in [3.8, 4) is 17.1 Å². The molecule has 1 aromatic heterocycles. The summed E-state index contributed by atoms with van der Waals surface area (Å²) in [5, 5.41) is 15.3. The number of methoxy groups -OCH3 is 1. The lowest BCUT2D eigenvalue weighted by Crippen LogP contribution is -2.51. The van der Waals surface area contributed by atoms with Crippen LogP contribution in [0.3, 0.4) is 0 Å². The first kappa shape index (κ1) is 24.3. The molecule has 0 saturated heterocycles. The molecule has 0 bridgehead atoms. The Kier molecular flexibility index (Phi) is 7.38. The minimum absolute atomic E-state index is 0.122. The van der Waals surface area contributed by atoms with Crippen LogP contribution in [0, 0.1) is 12.7 Å². The Labute approximate surface area is 203 Å². The Morgan fingerprint density at radius 1 is 1.20 bits per heavy atom. The summed E-state index contributed by atoms with van der Waals surface area (Å²) in [6, 6.07) is 10.5. The van der Waals surface area contributed by atoms with E-state index in [1.165, 1.54) is 36.3 Å². The number of nitrogens with one attached hydrogen (secondary N) is 1. The van der Waals surface area contributed by atoms with E-state index in [0.29, 0.717) is 17.0 Å². The van der Waals surface area contributed by atoms with Crippen molar-refractivity contribution in [3.05, 3.63) is 53.8 Å². The molecule has 35 heavy (non-hydrogen) atoms. The van der Waals surface area contributed by atoms with Gasteiger partial charge in [0.15, 0.2) is 0 Å². The maximum atomic E-state index is 13.6. The lowest BCUT2D eigenvalue weighted by molar-refractivity contribution is -0.127. The van der Waals surface area contributed by atoms with E-state index in [1.54, 1.807) is 13.0 Å². The number of carbonyl (C=O) groups excluding carboxylic acids is 2. The third kappa shape index (κ3) is 5.64. The number of ether oxygens (including phenoxy) is 1. The number of nitrogens with zero attached hydrogens (tertiary/aromatic N) is 5. The summed E-state index contributed by atoms with van der Waals surface area (Å²) >= 11 is 0. The zero-order valence-corrected chi connectivity index (χ0v) is 20.1. The number of tetrazole rings is 1. The van der Waals surface area contributed by atoms with Crippen molar-refractivity contribution >= 4 is 17.5 Å². The van der Waals surface area contributed by atoms with Gasteiger partial charge in [-0.3, -0.25) is 14.5 Å². The number of hydrogen-bond donors (Lipinski definition) is 1. The number of carbonyl (C=O) groups is 2. The van der Waals surface area contributed by atoms with Crippen LogP contribution in [0.2, 0.25) is 0 Å². The molecule has 184 valence electrons. The number of amides is 2. The van der Waals surface area contributed by atoms with Crippen molar-refractivity contribution in [2.75, 3.05) is 12.0 Å². The molecule has 1 aliphatic carbocycles. The Morgan fingerprint density at radius 3 is 2.60 bits per heavy atom. The van der Waals surface area contributed by atoms with Gasteiger partial charge in [0.25, 0.3) is 5.91 Å². The molecule has 9 nitrogen and oxygen atoms in total. The van der Waals surface area contributed by atoms with Crippen molar-refractivity contribution in [2.45, 2.75) is 58.2 Å². The van der Waals surface area contributed by atoms with E-state index in [-0.39, 0.29) is 30.1 Å². The average Bonchev–Trinajstić information content (AvgIpc) is 3.52. The summed E-state index contributed by atoms with van der Waals surface area (Å²) in [7, 11) is 1.52. The fourth-order valence-electron chi connectivity index (χ4n) is 4.28. The molecular formula is C25H29FN6O3. The predicted molar refractivity (Wildman–Crippen MR) is 128 cm³/mol. The molecule has 0 unspecified atom stereocenters. The normalized spacial score (nSPS) is 14.5. The number of anilines is 1.